The van der Waals surface area contributed by atoms with E-state index in [1.807, 2.05) is 11.8 Å². The van der Waals surface area contributed by atoms with Crippen molar-refractivity contribution in [2.75, 3.05) is 5.75 Å². The molecular weight excluding hydrogens is 284 g/mol. The van der Waals surface area contributed by atoms with E-state index < -0.39 is 30.4 Å². The van der Waals surface area contributed by atoms with E-state index in [1.165, 1.54) is 0 Å². The molecule has 7 nitrogen and oxygen atoms in total. The van der Waals surface area contributed by atoms with Gasteiger partial charge < -0.3 is 20.8 Å². The van der Waals surface area contributed by atoms with Gasteiger partial charge in [-0.2, -0.15) is 11.8 Å². The number of carbonyl (C=O) groups excluding carboxylic acids is 1. The van der Waals surface area contributed by atoms with Crippen LogP contribution in [0, 0.1) is 0 Å². The first-order valence-electron chi connectivity index (χ1n) is 6.55. The summed E-state index contributed by atoms with van der Waals surface area (Å²) in [5.74, 6) is -1.59. The van der Waals surface area contributed by atoms with Gasteiger partial charge in [-0.05, 0) is 25.0 Å². The van der Waals surface area contributed by atoms with E-state index in [2.05, 4.69) is 17.6 Å². The molecule has 2 amide bonds. The number of urea groups is 1. The van der Waals surface area contributed by atoms with E-state index in [9.17, 15) is 14.4 Å². The summed E-state index contributed by atoms with van der Waals surface area (Å²) in [6, 6.07) is -2.00. The molecular formula is C12H20N2O5S. The first kappa shape index (κ1) is 16.6. The lowest BCUT2D eigenvalue weighted by molar-refractivity contribution is -0.145. The standard InChI is InChI=1S/C12H20N2O5S/c1-2-20-8-4-3-7(5-8)13-12(19)14-9(11(17)18)6-10(15)16/h7-9H,2-6H2,1H3,(H,15,16)(H,17,18)(H2,13,14,19)/t7?,8?,9-/m0/s1. The van der Waals surface area contributed by atoms with E-state index in [1.54, 1.807) is 0 Å². The van der Waals surface area contributed by atoms with Crippen molar-refractivity contribution in [2.24, 2.45) is 0 Å². The fraction of sp³-hybridized carbons (Fsp3) is 0.750. The zero-order chi connectivity index (χ0) is 15.1. The average Bonchev–Trinajstić information content (AvgIpc) is 2.75. The van der Waals surface area contributed by atoms with Gasteiger partial charge in [0.1, 0.15) is 6.04 Å². The van der Waals surface area contributed by atoms with E-state index in [-0.39, 0.29) is 6.04 Å². The highest BCUT2D eigenvalue weighted by molar-refractivity contribution is 7.99. The number of hydrogen-bond acceptors (Lipinski definition) is 4. The summed E-state index contributed by atoms with van der Waals surface area (Å²) in [6.45, 7) is 2.08. The highest BCUT2D eigenvalue weighted by Gasteiger charge is 2.28. The Labute approximate surface area is 121 Å². The van der Waals surface area contributed by atoms with Gasteiger partial charge in [0.25, 0.3) is 0 Å². The smallest absolute Gasteiger partial charge is 0.326 e. The van der Waals surface area contributed by atoms with Crippen molar-refractivity contribution >= 4 is 29.7 Å². The maximum atomic E-state index is 11.7. The minimum atomic E-state index is -1.41. The third-order valence-corrected chi connectivity index (χ3v) is 4.34. The number of carboxylic acid groups (broad SMARTS) is 2. The van der Waals surface area contributed by atoms with Crippen molar-refractivity contribution in [1.29, 1.82) is 0 Å². The Morgan fingerprint density at radius 2 is 2.00 bits per heavy atom. The number of rotatable bonds is 7. The van der Waals surface area contributed by atoms with Gasteiger partial charge in [-0.1, -0.05) is 6.92 Å². The molecule has 20 heavy (non-hydrogen) atoms. The van der Waals surface area contributed by atoms with Crippen molar-refractivity contribution in [2.45, 2.75) is 49.9 Å². The lowest BCUT2D eigenvalue weighted by atomic mass is 10.2. The molecule has 3 atom stereocenters. The maximum absolute atomic E-state index is 11.7. The minimum Gasteiger partial charge on any atom is -0.481 e. The molecule has 1 saturated carbocycles. The molecule has 0 spiro atoms. The number of hydrogen-bond donors (Lipinski definition) is 4. The third kappa shape index (κ3) is 5.68. The van der Waals surface area contributed by atoms with Crippen LogP contribution in [-0.4, -0.2) is 51.3 Å². The van der Waals surface area contributed by atoms with Crippen molar-refractivity contribution < 1.29 is 24.6 Å². The molecule has 1 aliphatic rings. The maximum Gasteiger partial charge on any atom is 0.326 e. The van der Waals surface area contributed by atoms with Crippen LogP contribution in [0.25, 0.3) is 0 Å². The number of thioether (sulfide) groups is 1. The average molecular weight is 304 g/mol. The molecule has 0 aliphatic heterocycles. The topological polar surface area (TPSA) is 116 Å². The van der Waals surface area contributed by atoms with Crippen LogP contribution >= 0.6 is 11.8 Å². The summed E-state index contributed by atoms with van der Waals surface area (Å²) in [4.78, 5) is 33.0. The zero-order valence-corrected chi connectivity index (χ0v) is 12.1. The number of carbonyl (C=O) groups is 3. The summed E-state index contributed by atoms with van der Waals surface area (Å²) in [5.41, 5.74) is 0. The molecule has 0 aromatic heterocycles. The molecule has 0 bridgehead atoms. The molecule has 0 saturated heterocycles. The molecule has 8 heteroatoms. The highest BCUT2D eigenvalue weighted by Crippen LogP contribution is 2.29. The van der Waals surface area contributed by atoms with Gasteiger partial charge in [0, 0.05) is 11.3 Å². The van der Waals surface area contributed by atoms with Gasteiger partial charge in [0.05, 0.1) is 6.42 Å². The molecule has 0 heterocycles. The van der Waals surface area contributed by atoms with Gasteiger partial charge in [-0.3, -0.25) is 4.79 Å². The van der Waals surface area contributed by atoms with Crippen molar-refractivity contribution in [3.8, 4) is 0 Å². The Bertz CT molecular complexity index is 377. The Morgan fingerprint density at radius 1 is 1.30 bits per heavy atom. The number of nitrogens with one attached hydrogen (secondary N) is 2. The van der Waals surface area contributed by atoms with Gasteiger partial charge >= 0.3 is 18.0 Å². The highest BCUT2D eigenvalue weighted by atomic mass is 32.2. The van der Waals surface area contributed by atoms with E-state index >= 15 is 0 Å². The number of aliphatic carboxylic acids is 2. The van der Waals surface area contributed by atoms with Crippen molar-refractivity contribution in [3.63, 3.8) is 0 Å². The lowest BCUT2D eigenvalue weighted by Crippen LogP contribution is -2.49. The first-order chi connectivity index (χ1) is 9.42. The molecule has 2 unspecified atom stereocenters. The predicted octanol–water partition coefficient (Wildman–Crippen LogP) is 0.888. The molecule has 0 aromatic rings. The van der Waals surface area contributed by atoms with Crippen LogP contribution in [0.2, 0.25) is 0 Å². The van der Waals surface area contributed by atoms with Crippen LogP contribution in [0.3, 0.4) is 0 Å². The summed E-state index contributed by atoms with van der Waals surface area (Å²) in [7, 11) is 0. The SMILES string of the molecule is CCSC1CCC(NC(=O)N[C@@H](CC(=O)O)C(=O)O)C1. The summed E-state index contributed by atoms with van der Waals surface area (Å²) < 4.78 is 0. The van der Waals surface area contributed by atoms with Gasteiger partial charge in [-0.25, -0.2) is 9.59 Å². The van der Waals surface area contributed by atoms with Crippen molar-refractivity contribution in [1.82, 2.24) is 10.6 Å². The van der Waals surface area contributed by atoms with Crippen LogP contribution in [0.4, 0.5) is 4.79 Å². The first-order valence-corrected chi connectivity index (χ1v) is 7.60. The number of amides is 2. The Kier molecular flexibility index (Phi) is 6.63. The molecule has 1 rings (SSSR count). The van der Waals surface area contributed by atoms with E-state index in [0.29, 0.717) is 5.25 Å². The summed E-state index contributed by atoms with van der Waals surface area (Å²) in [6.07, 6.45) is 2.12. The largest absolute Gasteiger partial charge is 0.481 e. The predicted molar refractivity (Wildman–Crippen MR) is 74.9 cm³/mol. The summed E-state index contributed by atoms with van der Waals surface area (Å²) >= 11 is 1.85. The minimum absolute atomic E-state index is 0.0262. The Hall–Kier alpha value is -1.44. The van der Waals surface area contributed by atoms with Gasteiger partial charge in [0.15, 0.2) is 0 Å². The fourth-order valence-electron chi connectivity index (χ4n) is 2.22. The monoisotopic (exact) mass is 304 g/mol. The molecule has 114 valence electrons. The van der Waals surface area contributed by atoms with Crippen LogP contribution in [0.5, 0.6) is 0 Å². The molecule has 1 fully saturated rings. The Morgan fingerprint density at radius 3 is 2.55 bits per heavy atom. The Balaban J connectivity index is 2.38. The van der Waals surface area contributed by atoms with Crippen LogP contribution in [0.15, 0.2) is 0 Å². The second kappa shape index (κ2) is 7.98. The fourth-order valence-corrected chi connectivity index (χ4v) is 3.36. The van der Waals surface area contributed by atoms with Crippen molar-refractivity contribution in [3.05, 3.63) is 0 Å². The second-order valence-electron chi connectivity index (χ2n) is 4.69. The van der Waals surface area contributed by atoms with Crippen LogP contribution < -0.4 is 10.6 Å². The quantitative estimate of drug-likeness (QED) is 0.555. The van der Waals surface area contributed by atoms with Gasteiger partial charge in [0.2, 0.25) is 0 Å². The normalized spacial score (nSPS) is 23.1. The number of carboxylic acids is 2. The molecule has 1 aliphatic carbocycles. The zero-order valence-electron chi connectivity index (χ0n) is 11.3. The van der Waals surface area contributed by atoms with E-state index in [0.717, 1.165) is 25.0 Å². The lowest BCUT2D eigenvalue weighted by Gasteiger charge is -2.17. The molecule has 4 N–H and O–H groups in total. The van der Waals surface area contributed by atoms with E-state index in [4.69, 9.17) is 10.2 Å². The molecule has 0 aromatic carbocycles. The second-order valence-corrected chi connectivity index (χ2v) is 6.27. The third-order valence-electron chi connectivity index (χ3n) is 3.10. The molecule has 0 radical (unpaired) electrons. The van der Waals surface area contributed by atoms with Crippen LogP contribution in [-0.2, 0) is 9.59 Å². The van der Waals surface area contributed by atoms with Crippen LogP contribution in [0.1, 0.15) is 32.6 Å². The van der Waals surface area contributed by atoms with Gasteiger partial charge in [-0.15, -0.1) is 0 Å². The summed E-state index contributed by atoms with van der Waals surface area (Å²) in [5, 5.41) is 22.8.